The van der Waals surface area contributed by atoms with E-state index in [9.17, 15) is 4.79 Å². The molecule has 1 amide bonds. The number of aromatic nitrogens is 2. The smallest absolute Gasteiger partial charge is 0.322 e. The molecule has 0 saturated carbocycles. The molecule has 2 aromatic heterocycles. The molecule has 6 nitrogen and oxygen atoms in total. The average Bonchev–Trinajstić information content (AvgIpc) is 3.09. The predicted octanol–water partition coefficient (Wildman–Crippen LogP) is 3.24. The van der Waals surface area contributed by atoms with E-state index in [1.807, 2.05) is 30.3 Å². The SMILES string of the molecule is O=C(Nc1nnc(-c2ccccc2)o1)c1ccoc1Cl. The summed E-state index contributed by atoms with van der Waals surface area (Å²) >= 11 is 5.71. The number of furan rings is 1. The summed E-state index contributed by atoms with van der Waals surface area (Å²) < 4.78 is 10.2. The van der Waals surface area contributed by atoms with Crippen LogP contribution >= 0.6 is 11.6 Å². The lowest BCUT2D eigenvalue weighted by atomic mass is 10.2. The van der Waals surface area contributed by atoms with Crippen molar-refractivity contribution < 1.29 is 13.6 Å². The second kappa shape index (κ2) is 5.18. The first-order valence-corrected chi connectivity index (χ1v) is 6.05. The number of hydrogen-bond donors (Lipinski definition) is 1. The first-order valence-electron chi connectivity index (χ1n) is 5.67. The molecule has 0 unspecified atom stereocenters. The van der Waals surface area contributed by atoms with Crippen LogP contribution in [0.1, 0.15) is 10.4 Å². The van der Waals surface area contributed by atoms with Crippen LogP contribution in [-0.2, 0) is 0 Å². The van der Waals surface area contributed by atoms with Crippen LogP contribution in [0.3, 0.4) is 0 Å². The van der Waals surface area contributed by atoms with Gasteiger partial charge in [0.25, 0.3) is 5.91 Å². The summed E-state index contributed by atoms with van der Waals surface area (Å²) in [7, 11) is 0. The number of hydrogen-bond acceptors (Lipinski definition) is 5. The van der Waals surface area contributed by atoms with Gasteiger partial charge in [0.1, 0.15) is 0 Å². The Bertz CT molecular complexity index is 736. The van der Waals surface area contributed by atoms with E-state index in [1.54, 1.807) is 0 Å². The Kier molecular flexibility index (Phi) is 3.22. The van der Waals surface area contributed by atoms with E-state index >= 15 is 0 Å². The highest BCUT2D eigenvalue weighted by Gasteiger charge is 2.16. The Morgan fingerprint density at radius 1 is 1.15 bits per heavy atom. The van der Waals surface area contributed by atoms with Gasteiger partial charge in [0.2, 0.25) is 11.1 Å². The first-order chi connectivity index (χ1) is 9.74. The molecule has 2 heterocycles. The molecule has 0 atom stereocenters. The van der Waals surface area contributed by atoms with Gasteiger partial charge in [-0.2, -0.15) is 0 Å². The van der Waals surface area contributed by atoms with Crippen LogP contribution in [0.15, 0.2) is 51.5 Å². The number of carbonyl (C=O) groups excluding carboxylic acids is 1. The predicted molar refractivity (Wildman–Crippen MR) is 71.4 cm³/mol. The minimum absolute atomic E-state index is 0.00491. The summed E-state index contributed by atoms with van der Waals surface area (Å²) in [4.78, 5) is 11.9. The lowest BCUT2D eigenvalue weighted by Gasteiger charge is -1.97. The highest BCUT2D eigenvalue weighted by molar-refractivity contribution is 6.32. The number of anilines is 1. The molecule has 0 radical (unpaired) electrons. The van der Waals surface area contributed by atoms with Gasteiger partial charge < -0.3 is 8.83 Å². The van der Waals surface area contributed by atoms with Crippen molar-refractivity contribution in [3.63, 3.8) is 0 Å². The Hall–Kier alpha value is -2.60. The van der Waals surface area contributed by atoms with Crippen molar-refractivity contribution >= 4 is 23.5 Å². The molecule has 1 N–H and O–H groups in total. The molecule has 100 valence electrons. The molecule has 3 aromatic rings. The number of amides is 1. The van der Waals surface area contributed by atoms with Crippen molar-refractivity contribution in [1.29, 1.82) is 0 Å². The van der Waals surface area contributed by atoms with Gasteiger partial charge in [-0.05, 0) is 29.8 Å². The third-order valence-electron chi connectivity index (χ3n) is 2.53. The van der Waals surface area contributed by atoms with Crippen LogP contribution in [0, 0.1) is 0 Å². The monoisotopic (exact) mass is 289 g/mol. The van der Waals surface area contributed by atoms with Gasteiger partial charge in [-0.25, -0.2) is 0 Å². The van der Waals surface area contributed by atoms with E-state index in [2.05, 4.69) is 15.5 Å². The topological polar surface area (TPSA) is 81.2 Å². The second-order valence-corrected chi connectivity index (χ2v) is 4.18. The molecule has 0 bridgehead atoms. The van der Waals surface area contributed by atoms with Crippen molar-refractivity contribution in [2.45, 2.75) is 0 Å². The maximum Gasteiger partial charge on any atom is 0.322 e. The fraction of sp³-hybridized carbons (Fsp3) is 0. The van der Waals surface area contributed by atoms with Crippen molar-refractivity contribution in [3.05, 3.63) is 53.4 Å². The molecule has 0 spiro atoms. The van der Waals surface area contributed by atoms with E-state index in [4.69, 9.17) is 20.4 Å². The van der Waals surface area contributed by atoms with Gasteiger partial charge in [-0.3, -0.25) is 10.1 Å². The second-order valence-electron chi connectivity index (χ2n) is 3.84. The highest BCUT2D eigenvalue weighted by Crippen LogP contribution is 2.21. The van der Waals surface area contributed by atoms with Crippen molar-refractivity contribution in [2.24, 2.45) is 0 Å². The zero-order chi connectivity index (χ0) is 13.9. The normalized spacial score (nSPS) is 10.4. The lowest BCUT2D eigenvalue weighted by molar-refractivity contribution is 0.102. The summed E-state index contributed by atoms with van der Waals surface area (Å²) in [5.41, 5.74) is 0.966. The zero-order valence-electron chi connectivity index (χ0n) is 10.0. The zero-order valence-corrected chi connectivity index (χ0v) is 10.8. The van der Waals surface area contributed by atoms with Crippen molar-refractivity contribution in [3.8, 4) is 11.5 Å². The fourth-order valence-electron chi connectivity index (χ4n) is 1.59. The van der Waals surface area contributed by atoms with E-state index in [0.29, 0.717) is 5.89 Å². The van der Waals surface area contributed by atoms with Gasteiger partial charge in [-0.15, -0.1) is 5.10 Å². The van der Waals surface area contributed by atoms with Gasteiger partial charge >= 0.3 is 6.01 Å². The van der Waals surface area contributed by atoms with Gasteiger partial charge in [0, 0.05) is 5.56 Å². The number of rotatable bonds is 3. The fourth-order valence-corrected chi connectivity index (χ4v) is 1.79. The summed E-state index contributed by atoms with van der Waals surface area (Å²) in [6, 6.07) is 10.7. The quantitative estimate of drug-likeness (QED) is 0.800. The molecule has 0 aliphatic rings. The van der Waals surface area contributed by atoms with Crippen LogP contribution in [0.4, 0.5) is 6.01 Å². The number of benzene rings is 1. The molecular formula is C13H8ClN3O3. The largest absolute Gasteiger partial charge is 0.452 e. The van der Waals surface area contributed by atoms with Crippen LogP contribution < -0.4 is 5.32 Å². The highest BCUT2D eigenvalue weighted by atomic mass is 35.5. The lowest BCUT2D eigenvalue weighted by Crippen LogP contribution is -2.11. The van der Waals surface area contributed by atoms with Gasteiger partial charge in [0.15, 0.2) is 0 Å². The molecule has 0 aliphatic carbocycles. The Labute approximate surface area is 118 Å². The minimum atomic E-state index is -0.480. The molecule has 0 saturated heterocycles. The van der Waals surface area contributed by atoms with Gasteiger partial charge in [0.05, 0.1) is 11.8 Å². The number of carbonyl (C=O) groups is 1. The molecule has 1 aromatic carbocycles. The van der Waals surface area contributed by atoms with E-state index in [0.717, 1.165) is 5.56 Å². The molecule has 3 rings (SSSR count). The molecule has 20 heavy (non-hydrogen) atoms. The third-order valence-corrected chi connectivity index (χ3v) is 2.82. The number of nitrogens with zero attached hydrogens (tertiary/aromatic N) is 2. The molecule has 7 heteroatoms. The Balaban J connectivity index is 1.78. The molecule has 0 aliphatic heterocycles. The summed E-state index contributed by atoms with van der Waals surface area (Å²) in [6.45, 7) is 0. The van der Waals surface area contributed by atoms with Crippen molar-refractivity contribution in [1.82, 2.24) is 10.2 Å². The van der Waals surface area contributed by atoms with Gasteiger partial charge in [-0.1, -0.05) is 23.3 Å². The maximum atomic E-state index is 11.9. The van der Waals surface area contributed by atoms with E-state index in [1.165, 1.54) is 12.3 Å². The molecule has 0 fully saturated rings. The van der Waals surface area contributed by atoms with Crippen LogP contribution in [0.2, 0.25) is 5.22 Å². The van der Waals surface area contributed by atoms with E-state index < -0.39 is 5.91 Å². The average molecular weight is 290 g/mol. The Morgan fingerprint density at radius 2 is 1.95 bits per heavy atom. The summed E-state index contributed by atoms with van der Waals surface area (Å²) in [5, 5.41) is 10.1. The Morgan fingerprint density at radius 3 is 2.65 bits per heavy atom. The number of halogens is 1. The molecular weight excluding hydrogens is 282 g/mol. The van der Waals surface area contributed by atoms with Crippen LogP contribution in [0.5, 0.6) is 0 Å². The summed E-state index contributed by atoms with van der Waals surface area (Å²) in [6.07, 6.45) is 1.32. The van der Waals surface area contributed by atoms with Crippen LogP contribution in [-0.4, -0.2) is 16.1 Å². The third kappa shape index (κ3) is 2.41. The first kappa shape index (κ1) is 12.4. The summed E-state index contributed by atoms with van der Waals surface area (Å²) in [5.74, 6) is -0.161. The van der Waals surface area contributed by atoms with Crippen molar-refractivity contribution in [2.75, 3.05) is 5.32 Å². The standard InChI is InChI=1S/C13H8ClN3O3/c14-10-9(6-7-19-10)11(18)15-13-17-16-12(20-13)8-4-2-1-3-5-8/h1-7H,(H,15,17,18). The maximum absolute atomic E-state index is 11.9. The minimum Gasteiger partial charge on any atom is -0.452 e. The van der Waals surface area contributed by atoms with E-state index in [-0.39, 0.29) is 16.8 Å². The number of nitrogens with one attached hydrogen (secondary N) is 1. The van der Waals surface area contributed by atoms with Crippen LogP contribution in [0.25, 0.3) is 11.5 Å².